The lowest BCUT2D eigenvalue weighted by Crippen LogP contribution is -2.46. The van der Waals surface area contributed by atoms with E-state index in [0.717, 1.165) is 18.7 Å². The van der Waals surface area contributed by atoms with Gasteiger partial charge in [-0.1, -0.05) is 0 Å². The van der Waals surface area contributed by atoms with E-state index in [9.17, 15) is 5.11 Å². The molecule has 0 aliphatic carbocycles. The van der Waals surface area contributed by atoms with Gasteiger partial charge in [0, 0.05) is 25.2 Å². The van der Waals surface area contributed by atoms with Gasteiger partial charge in [0.15, 0.2) is 0 Å². The number of β-amino-alcohol motifs (C(OH)–C–C–N with tert-alkyl or cyclic N) is 1. The van der Waals surface area contributed by atoms with Gasteiger partial charge in [-0.2, -0.15) is 0 Å². The van der Waals surface area contributed by atoms with E-state index in [1.54, 1.807) is 14.2 Å². The van der Waals surface area contributed by atoms with E-state index in [2.05, 4.69) is 18.7 Å². The maximum atomic E-state index is 10.6. The Labute approximate surface area is 126 Å². The maximum Gasteiger partial charge on any atom is 0.124 e. The molecular formula is C16H25NO4. The average molecular weight is 295 g/mol. The van der Waals surface area contributed by atoms with Crippen molar-refractivity contribution in [3.05, 3.63) is 23.8 Å². The number of aliphatic hydroxyl groups is 1. The van der Waals surface area contributed by atoms with Crippen LogP contribution in [0.15, 0.2) is 18.2 Å². The first kappa shape index (κ1) is 16.1. The summed E-state index contributed by atoms with van der Waals surface area (Å²) in [5.41, 5.74) is 0.753. The van der Waals surface area contributed by atoms with Crippen LogP contribution in [0.4, 0.5) is 0 Å². The van der Waals surface area contributed by atoms with Crippen LogP contribution in [0.5, 0.6) is 11.5 Å². The molecule has 1 aromatic rings. The largest absolute Gasteiger partial charge is 0.497 e. The normalized spacial score (nSPS) is 24.6. The lowest BCUT2D eigenvalue weighted by molar-refractivity contribution is -0.0768. The molecule has 118 valence electrons. The quantitative estimate of drug-likeness (QED) is 0.898. The zero-order chi connectivity index (χ0) is 15.4. The highest BCUT2D eigenvalue weighted by Gasteiger charge is 2.25. The minimum Gasteiger partial charge on any atom is -0.497 e. The van der Waals surface area contributed by atoms with Gasteiger partial charge in [0.1, 0.15) is 11.5 Å². The number of hydrogen-bond donors (Lipinski definition) is 1. The monoisotopic (exact) mass is 295 g/mol. The molecule has 0 amide bonds. The Kier molecular flexibility index (Phi) is 5.45. The second-order valence-corrected chi connectivity index (χ2v) is 5.60. The summed E-state index contributed by atoms with van der Waals surface area (Å²) in [5, 5.41) is 10.6. The predicted octanol–water partition coefficient (Wildman–Crippen LogP) is 1.85. The molecule has 1 fully saturated rings. The summed E-state index contributed by atoms with van der Waals surface area (Å²) in [5.74, 6) is 1.39. The van der Waals surface area contributed by atoms with Crippen LogP contribution in [-0.4, -0.2) is 56.1 Å². The van der Waals surface area contributed by atoms with E-state index in [1.807, 2.05) is 18.2 Å². The summed E-state index contributed by atoms with van der Waals surface area (Å²) in [6, 6.07) is 5.48. The molecule has 1 heterocycles. The minimum atomic E-state index is -0.618. The fourth-order valence-electron chi connectivity index (χ4n) is 2.88. The molecule has 1 N–H and O–H groups in total. The number of hydrogen-bond acceptors (Lipinski definition) is 5. The van der Waals surface area contributed by atoms with Gasteiger partial charge in [-0.3, -0.25) is 4.90 Å². The molecular weight excluding hydrogens is 270 g/mol. The number of morpholine rings is 1. The van der Waals surface area contributed by atoms with Gasteiger partial charge in [-0.25, -0.2) is 0 Å². The number of ether oxygens (including phenoxy) is 3. The van der Waals surface area contributed by atoms with E-state index < -0.39 is 6.10 Å². The third-order valence-electron chi connectivity index (χ3n) is 3.72. The van der Waals surface area contributed by atoms with E-state index in [4.69, 9.17) is 14.2 Å². The topological polar surface area (TPSA) is 51.2 Å². The molecule has 2 rings (SSSR count). The summed E-state index contributed by atoms with van der Waals surface area (Å²) in [6.07, 6.45) is -0.242. The molecule has 0 saturated carbocycles. The van der Waals surface area contributed by atoms with Crippen LogP contribution in [0.25, 0.3) is 0 Å². The number of aliphatic hydroxyl groups excluding tert-OH is 1. The first-order chi connectivity index (χ1) is 10.0. The molecule has 5 nitrogen and oxygen atoms in total. The predicted molar refractivity (Wildman–Crippen MR) is 81.0 cm³/mol. The van der Waals surface area contributed by atoms with Crippen LogP contribution in [0.1, 0.15) is 25.5 Å². The third-order valence-corrected chi connectivity index (χ3v) is 3.72. The van der Waals surface area contributed by atoms with E-state index in [1.165, 1.54) is 0 Å². The lowest BCUT2D eigenvalue weighted by Gasteiger charge is -2.36. The molecule has 1 aliphatic heterocycles. The van der Waals surface area contributed by atoms with Gasteiger partial charge in [0.05, 0.1) is 32.5 Å². The number of rotatable bonds is 5. The molecule has 0 bridgehead atoms. The standard InChI is InChI=1S/C16H25NO4/c1-11-8-17(9-12(2)21-11)10-15(18)14-7-13(19-3)5-6-16(14)20-4/h5-7,11-12,15,18H,8-10H2,1-4H3. The lowest BCUT2D eigenvalue weighted by atomic mass is 10.1. The van der Waals surface area contributed by atoms with Crippen molar-refractivity contribution in [2.75, 3.05) is 33.9 Å². The fraction of sp³-hybridized carbons (Fsp3) is 0.625. The van der Waals surface area contributed by atoms with Crippen LogP contribution < -0.4 is 9.47 Å². The Morgan fingerprint density at radius 1 is 1.24 bits per heavy atom. The first-order valence-corrected chi connectivity index (χ1v) is 7.31. The Morgan fingerprint density at radius 2 is 1.90 bits per heavy atom. The molecule has 1 aromatic carbocycles. The first-order valence-electron chi connectivity index (χ1n) is 7.31. The molecule has 5 heteroatoms. The Bertz CT molecular complexity index is 456. The van der Waals surface area contributed by atoms with Crippen molar-refractivity contribution in [2.45, 2.75) is 32.2 Å². The summed E-state index contributed by atoms with van der Waals surface area (Å²) < 4.78 is 16.3. The highest BCUT2D eigenvalue weighted by molar-refractivity contribution is 5.41. The third kappa shape index (κ3) is 4.09. The highest BCUT2D eigenvalue weighted by atomic mass is 16.5. The molecule has 0 aromatic heterocycles. The number of nitrogens with zero attached hydrogens (tertiary/aromatic N) is 1. The van der Waals surface area contributed by atoms with Crippen molar-refractivity contribution < 1.29 is 19.3 Å². The second kappa shape index (κ2) is 7.11. The molecule has 21 heavy (non-hydrogen) atoms. The van der Waals surface area contributed by atoms with Crippen LogP contribution in [0, 0.1) is 0 Å². The van der Waals surface area contributed by atoms with Crippen LogP contribution in [-0.2, 0) is 4.74 Å². The Hall–Kier alpha value is -1.30. The van der Waals surface area contributed by atoms with Gasteiger partial charge in [-0.15, -0.1) is 0 Å². The summed E-state index contributed by atoms with van der Waals surface area (Å²) in [4.78, 5) is 2.22. The van der Waals surface area contributed by atoms with Gasteiger partial charge < -0.3 is 19.3 Å². The second-order valence-electron chi connectivity index (χ2n) is 5.60. The van der Waals surface area contributed by atoms with Gasteiger partial charge >= 0.3 is 0 Å². The van der Waals surface area contributed by atoms with E-state index in [-0.39, 0.29) is 12.2 Å². The highest BCUT2D eigenvalue weighted by Crippen LogP contribution is 2.30. The molecule has 0 radical (unpaired) electrons. The Balaban J connectivity index is 2.10. The molecule has 1 saturated heterocycles. The van der Waals surface area contributed by atoms with Crippen molar-refractivity contribution >= 4 is 0 Å². The fourth-order valence-corrected chi connectivity index (χ4v) is 2.88. The van der Waals surface area contributed by atoms with Crippen molar-refractivity contribution in [3.63, 3.8) is 0 Å². The SMILES string of the molecule is COc1ccc(OC)c(C(O)CN2CC(C)OC(C)C2)c1. The molecule has 3 unspecified atom stereocenters. The number of methoxy groups -OCH3 is 2. The minimum absolute atomic E-state index is 0.188. The zero-order valence-corrected chi connectivity index (χ0v) is 13.2. The van der Waals surface area contributed by atoms with Crippen LogP contribution in [0.3, 0.4) is 0 Å². The summed E-state index contributed by atoms with van der Waals surface area (Å²) in [7, 11) is 3.22. The van der Waals surface area contributed by atoms with Crippen molar-refractivity contribution in [1.82, 2.24) is 4.90 Å². The van der Waals surface area contributed by atoms with Crippen molar-refractivity contribution in [2.24, 2.45) is 0 Å². The zero-order valence-electron chi connectivity index (χ0n) is 13.2. The molecule has 3 atom stereocenters. The van der Waals surface area contributed by atoms with E-state index in [0.29, 0.717) is 18.0 Å². The molecule has 0 spiro atoms. The van der Waals surface area contributed by atoms with Crippen LogP contribution >= 0.6 is 0 Å². The van der Waals surface area contributed by atoms with Crippen molar-refractivity contribution in [1.29, 1.82) is 0 Å². The Morgan fingerprint density at radius 3 is 2.48 bits per heavy atom. The van der Waals surface area contributed by atoms with Gasteiger partial charge in [0.25, 0.3) is 0 Å². The summed E-state index contributed by atoms with van der Waals surface area (Å²) in [6.45, 7) is 6.32. The van der Waals surface area contributed by atoms with E-state index >= 15 is 0 Å². The van der Waals surface area contributed by atoms with Gasteiger partial charge in [-0.05, 0) is 32.0 Å². The summed E-state index contributed by atoms with van der Waals surface area (Å²) >= 11 is 0. The maximum absolute atomic E-state index is 10.6. The molecule has 1 aliphatic rings. The smallest absolute Gasteiger partial charge is 0.124 e. The average Bonchev–Trinajstić information content (AvgIpc) is 2.45. The van der Waals surface area contributed by atoms with Crippen LogP contribution in [0.2, 0.25) is 0 Å². The number of benzene rings is 1. The van der Waals surface area contributed by atoms with Crippen molar-refractivity contribution in [3.8, 4) is 11.5 Å². The van der Waals surface area contributed by atoms with Gasteiger partial charge in [0.2, 0.25) is 0 Å².